The van der Waals surface area contributed by atoms with Crippen LogP contribution in [0.5, 0.6) is 0 Å². The normalized spacial score (nSPS) is 10.7. The molecule has 0 saturated heterocycles. The topological polar surface area (TPSA) is 42.0 Å². The molecule has 0 bridgehead atoms. The number of hydrogen-bond acceptors (Lipinski definition) is 4. The summed E-state index contributed by atoms with van der Waals surface area (Å²) in [6.45, 7) is 1.88. The van der Waals surface area contributed by atoms with Crippen LogP contribution in [-0.4, -0.2) is 10.9 Å². The van der Waals surface area contributed by atoms with Crippen LogP contribution in [0.1, 0.15) is 21.7 Å². The fraction of sp³-hybridized carbons (Fsp3) is 0.176. The lowest BCUT2D eigenvalue weighted by Crippen LogP contribution is -2.13. The number of thiophene rings is 1. The average Bonchev–Trinajstić information content (AvgIpc) is 3.12. The highest BCUT2D eigenvalue weighted by Gasteiger charge is 2.13. The molecule has 118 valence electrons. The zero-order valence-corrected chi connectivity index (χ0v) is 14.1. The third-order valence-corrected chi connectivity index (χ3v) is 5.20. The number of benzene rings is 1. The highest BCUT2D eigenvalue weighted by molar-refractivity contribution is 7.15. The van der Waals surface area contributed by atoms with Crippen molar-refractivity contribution in [3.63, 3.8) is 0 Å². The van der Waals surface area contributed by atoms with Gasteiger partial charge in [-0.1, -0.05) is 18.2 Å². The number of carbonyl (C=O) groups is 1. The van der Waals surface area contributed by atoms with Crippen molar-refractivity contribution in [1.82, 2.24) is 4.98 Å². The molecule has 2 heterocycles. The Morgan fingerprint density at radius 3 is 2.87 bits per heavy atom. The summed E-state index contributed by atoms with van der Waals surface area (Å²) in [4.78, 5) is 17.3. The minimum Gasteiger partial charge on any atom is -0.302 e. The molecule has 6 heteroatoms. The third-order valence-electron chi connectivity index (χ3n) is 3.39. The predicted molar refractivity (Wildman–Crippen MR) is 92.7 cm³/mol. The maximum Gasteiger partial charge on any atom is 0.230 e. The van der Waals surface area contributed by atoms with Crippen molar-refractivity contribution in [1.29, 1.82) is 0 Å². The maximum absolute atomic E-state index is 13.8. The van der Waals surface area contributed by atoms with Crippen molar-refractivity contribution in [3.05, 3.63) is 68.6 Å². The van der Waals surface area contributed by atoms with Crippen LogP contribution in [0.2, 0.25) is 0 Å². The van der Waals surface area contributed by atoms with Gasteiger partial charge in [0.1, 0.15) is 5.82 Å². The van der Waals surface area contributed by atoms with Crippen molar-refractivity contribution in [2.75, 3.05) is 5.32 Å². The minimum absolute atomic E-state index is 0.0883. The lowest BCUT2D eigenvalue weighted by Gasteiger charge is -2.01. The van der Waals surface area contributed by atoms with Gasteiger partial charge in [0.05, 0.1) is 12.1 Å². The lowest BCUT2D eigenvalue weighted by molar-refractivity contribution is -0.115. The van der Waals surface area contributed by atoms with E-state index in [1.807, 2.05) is 29.8 Å². The number of amides is 1. The maximum atomic E-state index is 13.8. The number of nitrogens with one attached hydrogen (secondary N) is 1. The van der Waals surface area contributed by atoms with E-state index in [0.29, 0.717) is 23.5 Å². The highest BCUT2D eigenvalue weighted by Crippen LogP contribution is 2.26. The van der Waals surface area contributed by atoms with Crippen molar-refractivity contribution >= 4 is 33.7 Å². The molecule has 2 aromatic heterocycles. The molecule has 1 N–H and O–H groups in total. The van der Waals surface area contributed by atoms with Gasteiger partial charge in [-0.15, -0.1) is 11.3 Å². The molecule has 1 aromatic carbocycles. The molecular formula is C17H15FN2OS2. The average molecular weight is 346 g/mol. The first-order valence-electron chi connectivity index (χ1n) is 7.12. The molecule has 23 heavy (non-hydrogen) atoms. The summed E-state index contributed by atoms with van der Waals surface area (Å²) in [5, 5.41) is 7.29. The quantitative estimate of drug-likeness (QED) is 0.743. The van der Waals surface area contributed by atoms with Gasteiger partial charge in [0.2, 0.25) is 5.91 Å². The van der Waals surface area contributed by atoms with Gasteiger partial charge in [-0.3, -0.25) is 4.79 Å². The standard InChI is InChI=1S/C17H15FN2OS2/c1-11-15(9-13-4-2-3-5-14(13)18)23-17(19-11)20-16(21)8-12-6-7-22-10-12/h2-7,10H,8-9H2,1H3,(H,19,20,21). The lowest BCUT2D eigenvalue weighted by atomic mass is 10.1. The fourth-order valence-corrected chi connectivity index (χ4v) is 3.87. The second kappa shape index (κ2) is 7.02. The molecule has 3 aromatic rings. The first-order valence-corrected chi connectivity index (χ1v) is 8.88. The molecule has 0 saturated carbocycles. The van der Waals surface area contributed by atoms with Gasteiger partial charge in [0, 0.05) is 11.3 Å². The van der Waals surface area contributed by atoms with E-state index in [1.54, 1.807) is 23.5 Å². The van der Waals surface area contributed by atoms with Crippen molar-refractivity contribution < 1.29 is 9.18 Å². The van der Waals surface area contributed by atoms with E-state index in [1.165, 1.54) is 17.4 Å². The summed E-state index contributed by atoms with van der Waals surface area (Å²) < 4.78 is 13.8. The molecule has 0 aliphatic carbocycles. The third kappa shape index (κ3) is 4.03. The Labute approximate surface area is 141 Å². The summed E-state index contributed by atoms with van der Waals surface area (Å²) in [6, 6.07) is 8.65. The van der Waals surface area contributed by atoms with Crippen LogP contribution in [0.4, 0.5) is 9.52 Å². The van der Waals surface area contributed by atoms with Crippen molar-refractivity contribution in [2.24, 2.45) is 0 Å². The smallest absolute Gasteiger partial charge is 0.230 e. The van der Waals surface area contributed by atoms with E-state index in [-0.39, 0.29) is 11.7 Å². The van der Waals surface area contributed by atoms with E-state index in [0.717, 1.165) is 16.1 Å². The molecule has 1 amide bonds. The first kappa shape index (κ1) is 15.8. The van der Waals surface area contributed by atoms with E-state index < -0.39 is 0 Å². The number of carbonyl (C=O) groups excluding carboxylic acids is 1. The number of rotatable bonds is 5. The highest BCUT2D eigenvalue weighted by atomic mass is 32.1. The SMILES string of the molecule is Cc1nc(NC(=O)Cc2ccsc2)sc1Cc1ccccc1F. The van der Waals surface area contributed by atoms with Crippen LogP contribution in [-0.2, 0) is 17.6 Å². The van der Waals surface area contributed by atoms with Crippen molar-refractivity contribution in [3.8, 4) is 0 Å². The van der Waals surface area contributed by atoms with Gasteiger partial charge in [-0.25, -0.2) is 9.37 Å². The van der Waals surface area contributed by atoms with Crippen LogP contribution in [0.25, 0.3) is 0 Å². The summed E-state index contributed by atoms with van der Waals surface area (Å²) in [6.07, 6.45) is 0.821. The zero-order chi connectivity index (χ0) is 16.2. The number of halogens is 1. The van der Waals surface area contributed by atoms with Gasteiger partial charge >= 0.3 is 0 Å². The van der Waals surface area contributed by atoms with Gasteiger partial charge in [-0.05, 0) is 40.9 Å². The Bertz CT molecular complexity index is 812. The van der Waals surface area contributed by atoms with Gasteiger partial charge < -0.3 is 5.32 Å². The summed E-state index contributed by atoms with van der Waals surface area (Å²) >= 11 is 2.97. The van der Waals surface area contributed by atoms with E-state index in [2.05, 4.69) is 10.3 Å². The largest absolute Gasteiger partial charge is 0.302 e. The Balaban J connectivity index is 1.68. The van der Waals surface area contributed by atoms with Gasteiger partial charge in [-0.2, -0.15) is 11.3 Å². The minimum atomic E-state index is -0.219. The Morgan fingerprint density at radius 1 is 1.30 bits per heavy atom. The molecule has 3 rings (SSSR count). The summed E-state index contributed by atoms with van der Waals surface area (Å²) in [5.41, 5.74) is 2.45. The summed E-state index contributed by atoms with van der Waals surface area (Å²) in [5.74, 6) is -0.307. The number of thiazole rings is 1. The Morgan fingerprint density at radius 2 is 2.13 bits per heavy atom. The summed E-state index contributed by atoms with van der Waals surface area (Å²) in [7, 11) is 0. The van der Waals surface area contributed by atoms with E-state index in [4.69, 9.17) is 0 Å². The molecule has 0 fully saturated rings. The fourth-order valence-electron chi connectivity index (χ4n) is 2.20. The van der Waals surface area contributed by atoms with Crippen LogP contribution >= 0.6 is 22.7 Å². The molecule has 0 aliphatic heterocycles. The predicted octanol–water partition coefficient (Wildman–Crippen LogP) is 4.42. The Kier molecular flexibility index (Phi) is 4.83. The van der Waals surface area contributed by atoms with E-state index in [9.17, 15) is 9.18 Å². The number of anilines is 1. The number of aromatic nitrogens is 1. The molecule has 0 atom stereocenters. The second-order valence-corrected chi connectivity index (χ2v) is 7.02. The Hall–Kier alpha value is -2.05. The van der Waals surface area contributed by atoms with Crippen molar-refractivity contribution in [2.45, 2.75) is 19.8 Å². The van der Waals surface area contributed by atoms with Crippen LogP contribution in [0, 0.1) is 12.7 Å². The monoisotopic (exact) mass is 346 g/mol. The van der Waals surface area contributed by atoms with Crippen LogP contribution < -0.4 is 5.32 Å². The first-order chi connectivity index (χ1) is 11.1. The number of aryl methyl sites for hydroxylation is 1. The molecule has 0 unspecified atom stereocenters. The molecule has 0 spiro atoms. The van der Waals surface area contributed by atoms with Gasteiger partial charge in [0.25, 0.3) is 0 Å². The van der Waals surface area contributed by atoms with E-state index >= 15 is 0 Å². The molecule has 3 nitrogen and oxygen atoms in total. The zero-order valence-electron chi connectivity index (χ0n) is 12.5. The van der Waals surface area contributed by atoms with Gasteiger partial charge in [0.15, 0.2) is 5.13 Å². The van der Waals surface area contributed by atoms with Crippen LogP contribution in [0.15, 0.2) is 41.1 Å². The number of hydrogen-bond donors (Lipinski definition) is 1. The molecule has 0 radical (unpaired) electrons. The number of nitrogens with zero attached hydrogens (tertiary/aromatic N) is 1. The molecular weight excluding hydrogens is 331 g/mol. The second-order valence-electron chi connectivity index (χ2n) is 5.15. The van der Waals surface area contributed by atoms with Crippen LogP contribution in [0.3, 0.4) is 0 Å². The molecule has 0 aliphatic rings.